The van der Waals surface area contributed by atoms with Gasteiger partial charge in [-0.3, -0.25) is 0 Å². The molecule has 0 saturated carbocycles. The van der Waals surface area contributed by atoms with Crippen LogP contribution in [0.4, 0.5) is 11.5 Å². The first-order valence-electron chi connectivity index (χ1n) is 10.1. The Balaban J connectivity index is 0.00000231. The molecule has 158 valence electrons. The summed E-state index contributed by atoms with van der Waals surface area (Å²) in [4.78, 5) is 14.4. The minimum atomic E-state index is 0. The van der Waals surface area contributed by atoms with Gasteiger partial charge in [-0.1, -0.05) is 6.07 Å². The van der Waals surface area contributed by atoms with E-state index in [2.05, 4.69) is 38.3 Å². The lowest BCUT2D eigenvalue weighted by Gasteiger charge is -2.29. The van der Waals surface area contributed by atoms with E-state index in [1.54, 1.807) is 12.5 Å². The minimum absolute atomic E-state index is 0. The lowest BCUT2D eigenvalue weighted by molar-refractivity contribution is 0.116. The standard InChI is InChI=1S/C23H22N6O.ClH/c1-29-9-7-17(8-10-29)30-21-4-2-3-20-22(21)23(27-14-26-20)28-16-5-6-19-18(11-16)15(12-24)13-25-19;/h2-6,11,13-14,17,25H,7-10H2,1H3,(H,26,27,28);1H. The molecular weight excluding hydrogens is 412 g/mol. The number of nitriles is 1. The van der Waals surface area contributed by atoms with Crippen molar-refractivity contribution in [2.75, 3.05) is 25.5 Å². The van der Waals surface area contributed by atoms with Crippen LogP contribution in [0.15, 0.2) is 48.9 Å². The van der Waals surface area contributed by atoms with Crippen molar-refractivity contribution < 1.29 is 4.74 Å². The summed E-state index contributed by atoms with van der Waals surface area (Å²) in [7, 11) is 2.14. The third-order valence-corrected chi connectivity index (χ3v) is 5.65. The maximum atomic E-state index is 9.32. The van der Waals surface area contributed by atoms with E-state index in [0.29, 0.717) is 11.4 Å². The second kappa shape index (κ2) is 8.80. The topological polar surface area (TPSA) is 89.9 Å². The number of ether oxygens (including phenoxy) is 1. The molecule has 0 spiro atoms. The zero-order chi connectivity index (χ0) is 20.5. The number of nitrogens with zero attached hydrogens (tertiary/aromatic N) is 4. The van der Waals surface area contributed by atoms with Crippen LogP contribution in [0, 0.1) is 11.3 Å². The Kier molecular flexibility index (Phi) is 5.94. The van der Waals surface area contributed by atoms with Gasteiger partial charge in [0.05, 0.1) is 16.5 Å². The van der Waals surface area contributed by atoms with Crippen LogP contribution in [0.2, 0.25) is 0 Å². The van der Waals surface area contributed by atoms with E-state index < -0.39 is 0 Å². The molecule has 7 nitrogen and oxygen atoms in total. The second-order valence-corrected chi connectivity index (χ2v) is 7.69. The van der Waals surface area contributed by atoms with Crippen LogP contribution >= 0.6 is 12.4 Å². The number of hydrogen-bond donors (Lipinski definition) is 2. The highest BCUT2D eigenvalue weighted by Gasteiger charge is 2.20. The van der Waals surface area contributed by atoms with Crippen molar-refractivity contribution in [1.82, 2.24) is 19.9 Å². The number of hydrogen-bond acceptors (Lipinski definition) is 6. The smallest absolute Gasteiger partial charge is 0.145 e. The van der Waals surface area contributed by atoms with Crippen LogP contribution in [-0.2, 0) is 0 Å². The molecule has 0 amide bonds. The van der Waals surface area contributed by atoms with Crippen molar-refractivity contribution in [2.24, 2.45) is 0 Å². The Morgan fingerprint density at radius 1 is 1.19 bits per heavy atom. The summed E-state index contributed by atoms with van der Waals surface area (Å²) in [5.74, 6) is 1.49. The SMILES string of the molecule is CN1CCC(Oc2cccc3ncnc(Nc4ccc5[nH]cc(C#N)c5c4)c23)CC1.Cl. The Morgan fingerprint density at radius 3 is 2.84 bits per heavy atom. The van der Waals surface area contributed by atoms with Crippen molar-refractivity contribution in [1.29, 1.82) is 5.26 Å². The highest BCUT2D eigenvalue weighted by Crippen LogP contribution is 2.34. The summed E-state index contributed by atoms with van der Waals surface area (Å²) in [5.41, 5.74) is 3.23. The maximum Gasteiger partial charge on any atom is 0.145 e. The van der Waals surface area contributed by atoms with Crippen LogP contribution in [0.5, 0.6) is 5.75 Å². The largest absolute Gasteiger partial charge is 0.489 e. The van der Waals surface area contributed by atoms with E-state index in [9.17, 15) is 5.26 Å². The summed E-state index contributed by atoms with van der Waals surface area (Å²) >= 11 is 0. The van der Waals surface area contributed by atoms with Gasteiger partial charge in [-0.25, -0.2) is 9.97 Å². The number of aromatic amines is 1. The van der Waals surface area contributed by atoms with E-state index >= 15 is 0 Å². The molecule has 1 aliphatic rings. The Morgan fingerprint density at radius 2 is 2.03 bits per heavy atom. The number of halogens is 1. The number of piperidine rings is 1. The summed E-state index contributed by atoms with van der Waals surface area (Å²) in [5, 5.41) is 14.5. The molecule has 0 unspecified atom stereocenters. The molecule has 2 aromatic heterocycles. The van der Waals surface area contributed by atoms with E-state index in [1.807, 2.05) is 36.4 Å². The molecule has 2 N–H and O–H groups in total. The van der Waals surface area contributed by atoms with Gasteiger partial charge in [-0.05, 0) is 50.2 Å². The molecule has 0 bridgehead atoms. The van der Waals surface area contributed by atoms with Gasteiger partial charge in [-0.2, -0.15) is 5.26 Å². The van der Waals surface area contributed by atoms with Crippen molar-refractivity contribution in [2.45, 2.75) is 18.9 Å². The fraction of sp³-hybridized carbons (Fsp3) is 0.261. The molecule has 5 rings (SSSR count). The average Bonchev–Trinajstić information content (AvgIpc) is 3.18. The molecule has 3 heterocycles. The lowest BCUT2D eigenvalue weighted by atomic mass is 10.1. The molecule has 31 heavy (non-hydrogen) atoms. The van der Waals surface area contributed by atoms with Crippen molar-refractivity contribution in [3.05, 3.63) is 54.5 Å². The van der Waals surface area contributed by atoms with Crippen molar-refractivity contribution in [3.63, 3.8) is 0 Å². The van der Waals surface area contributed by atoms with Gasteiger partial charge in [0.1, 0.15) is 30.1 Å². The van der Waals surface area contributed by atoms with E-state index in [-0.39, 0.29) is 18.5 Å². The Labute approximate surface area is 186 Å². The first-order chi connectivity index (χ1) is 14.7. The third kappa shape index (κ3) is 4.13. The summed E-state index contributed by atoms with van der Waals surface area (Å²) in [6.45, 7) is 2.07. The quantitative estimate of drug-likeness (QED) is 0.487. The van der Waals surface area contributed by atoms with Crippen molar-refractivity contribution in [3.8, 4) is 11.8 Å². The highest BCUT2D eigenvalue weighted by molar-refractivity contribution is 5.97. The highest BCUT2D eigenvalue weighted by atomic mass is 35.5. The first-order valence-corrected chi connectivity index (χ1v) is 10.1. The summed E-state index contributed by atoms with van der Waals surface area (Å²) < 4.78 is 6.39. The molecule has 2 aromatic carbocycles. The first kappa shape index (κ1) is 20.9. The van der Waals surface area contributed by atoms with Gasteiger partial charge >= 0.3 is 0 Å². The number of H-pyrrole nitrogens is 1. The Bertz CT molecular complexity index is 1250. The van der Waals surface area contributed by atoms with E-state index in [1.165, 1.54) is 0 Å². The Hall–Kier alpha value is -3.34. The molecule has 1 aliphatic heterocycles. The molecule has 8 heteroatoms. The molecule has 1 fully saturated rings. The van der Waals surface area contributed by atoms with Crippen LogP contribution < -0.4 is 10.1 Å². The third-order valence-electron chi connectivity index (χ3n) is 5.65. The number of benzene rings is 2. The average molecular weight is 435 g/mol. The van der Waals surface area contributed by atoms with Gasteiger partial charge < -0.3 is 19.9 Å². The number of anilines is 2. The van der Waals surface area contributed by atoms with Gasteiger partial charge in [-0.15, -0.1) is 12.4 Å². The predicted octanol–water partition coefficient (Wildman–Crippen LogP) is 4.62. The monoisotopic (exact) mass is 434 g/mol. The fourth-order valence-electron chi connectivity index (χ4n) is 3.98. The molecule has 4 aromatic rings. The molecule has 0 atom stereocenters. The zero-order valence-electron chi connectivity index (χ0n) is 17.1. The van der Waals surface area contributed by atoms with E-state index in [4.69, 9.17) is 4.74 Å². The van der Waals surface area contributed by atoms with Gasteiger partial charge in [0.25, 0.3) is 0 Å². The molecule has 0 aliphatic carbocycles. The zero-order valence-corrected chi connectivity index (χ0v) is 17.9. The van der Waals surface area contributed by atoms with Crippen LogP contribution in [-0.4, -0.2) is 46.1 Å². The minimum Gasteiger partial charge on any atom is -0.489 e. The lowest BCUT2D eigenvalue weighted by Crippen LogP contribution is -2.35. The van der Waals surface area contributed by atoms with Gasteiger partial charge in [0.15, 0.2) is 0 Å². The number of aromatic nitrogens is 3. The summed E-state index contributed by atoms with van der Waals surface area (Å²) in [6.07, 6.45) is 5.48. The van der Waals surface area contributed by atoms with Crippen molar-refractivity contribution >= 4 is 45.7 Å². The molecule has 1 saturated heterocycles. The molecular formula is C23H23ClN6O. The van der Waals surface area contributed by atoms with Gasteiger partial charge in [0, 0.05) is 35.9 Å². The second-order valence-electron chi connectivity index (χ2n) is 7.69. The van der Waals surface area contributed by atoms with Gasteiger partial charge in [0.2, 0.25) is 0 Å². The fourth-order valence-corrected chi connectivity index (χ4v) is 3.98. The van der Waals surface area contributed by atoms with E-state index in [0.717, 1.165) is 59.2 Å². The van der Waals surface area contributed by atoms with Crippen LogP contribution in [0.25, 0.3) is 21.8 Å². The number of nitrogens with one attached hydrogen (secondary N) is 2. The molecule has 0 radical (unpaired) electrons. The number of rotatable bonds is 4. The normalized spacial score (nSPS) is 14.8. The van der Waals surface area contributed by atoms with Crippen LogP contribution in [0.3, 0.4) is 0 Å². The summed E-state index contributed by atoms with van der Waals surface area (Å²) in [6, 6.07) is 14.0. The number of fused-ring (bicyclic) bond motifs is 2. The van der Waals surface area contributed by atoms with Crippen LogP contribution in [0.1, 0.15) is 18.4 Å². The predicted molar refractivity (Wildman–Crippen MR) is 124 cm³/mol. The maximum absolute atomic E-state index is 9.32. The number of likely N-dealkylation sites (tertiary alicyclic amines) is 1.